The Hall–Kier alpha value is -2.94. The molecule has 0 saturated heterocycles. The molecule has 3 heterocycles. The van der Waals surface area contributed by atoms with E-state index in [1.54, 1.807) is 12.1 Å². The predicted octanol–water partition coefficient (Wildman–Crippen LogP) is 5.91. The standard InChI is InChI=1S/C24H16Cl3N5O3S/c1-11-4-19(21-5-12(25)10-36-21)29-18-3-2-14(8-15(11)18)35-22-16(26)6-13(7-17(22)27)32-24(34)30-23(33)20(9-28)31-32/h2-8,10,23-24,30,33-34H,1H3. The second kappa shape index (κ2) is 9.84. The summed E-state index contributed by atoms with van der Waals surface area (Å²) in [6.07, 6.45) is -2.79. The Labute approximate surface area is 224 Å². The number of hydrogen-bond donors (Lipinski definition) is 3. The molecule has 1 aliphatic rings. The number of ether oxygens (including phenoxy) is 1. The number of thiophene rings is 1. The van der Waals surface area contributed by atoms with Crippen LogP contribution in [0.25, 0.3) is 21.5 Å². The van der Waals surface area contributed by atoms with Crippen LogP contribution < -0.4 is 15.1 Å². The minimum absolute atomic E-state index is 0.157. The number of aryl methyl sites for hydroxylation is 1. The first-order valence-corrected chi connectivity index (χ1v) is 12.5. The zero-order chi connectivity index (χ0) is 25.6. The van der Waals surface area contributed by atoms with Gasteiger partial charge in [0.25, 0.3) is 0 Å². The lowest BCUT2D eigenvalue weighted by Crippen LogP contribution is -2.55. The lowest BCUT2D eigenvalue weighted by atomic mass is 10.1. The normalized spacial score (nSPS) is 17.7. The van der Waals surface area contributed by atoms with Gasteiger partial charge in [0, 0.05) is 10.8 Å². The molecule has 182 valence electrons. The van der Waals surface area contributed by atoms with Crippen molar-refractivity contribution in [2.24, 2.45) is 5.10 Å². The van der Waals surface area contributed by atoms with Crippen LogP contribution >= 0.6 is 46.1 Å². The van der Waals surface area contributed by atoms with Crippen LogP contribution in [0.5, 0.6) is 11.5 Å². The molecule has 36 heavy (non-hydrogen) atoms. The molecule has 1 aliphatic heterocycles. The van der Waals surface area contributed by atoms with Crippen LogP contribution in [0.1, 0.15) is 5.56 Å². The second-order valence-electron chi connectivity index (χ2n) is 7.86. The molecule has 2 aromatic heterocycles. The molecule has 0 radical (unpaired) electrons. The fourth-order valence-electron chi connectivity index (χ4n) is 3.70. The summed E-state index contributed by atoms with van der Waals surface area (Å²) in [6, 6.07) is 14.1. The van der Waals surface area contributed by atoms with Gasteiger partial charge < -0.3 is 14.9 Å². The van der Waals surface area contributed by atoms with E-state index >= 15 is 0 Å². The van der Waals surface area contributed by atoms with Crippen molar-refractivity contribution >= 4 is 68.4 Å². The van der Waals surface area contributed by atoms with Crippen molar-refractivity contribution in [2.45, 2.75) is 19.5 Å². The van der Waals surface area contributed by atoms with E-state index in [-0.39, 0.29) is 27.2 Å². The molecule has 2 atom stereocenters. The summed E-state index contributed by atoms with van der Waals surface area (Å²) in [5.41, 5.74) is 2.72. The van der Waals surface area contributed by atoms with Crippen molar-refractivity contribution in [2.75, 3.05) is 5.01 Å². The number of nitrogens with one attached hydrogen (secondary N) is 1. The largest absolute Gasteiger partial charge is 0.454 e. The minimum atomic E-state index is -1.40. The first kappa shape index (κ1) is 24.7. The topological polar surface area (TPSA) is 114 Å². The van der Waals surface area contributed by atoms with Gasteiger partial charge in [0.1, 0.15) is 11.8 Å². The molecule has 5 rings (SSSR count). The number of fused-ring (bicyclic) bond motifs is 1. The Kier molecular flexibility index (Phi) is 6.76. The first-order chi connectivity index (χ1) is 17.2. The van der Waals surface area contributed by atoms with Gasteiger partial charge in [-0.25, -0.2) is 15.3 Å². The van der Waals surface area contributed by atoms with Crippen LogP contribution in [0.15, 0.2) is 52.9 Å². The molecule has 8 nitrogen and oxygen atoms in total. The van der Waals surface area contributed by atoms with Crippen LogP contribution in [0.3, 0.4) is 0 Å². The lowest BCUT2D eigenvalue weighted by molar-refractivity contribution is 0.0631. The van der Waals surface area contributed by atoms with Gasteiger partial charge in [-0.15, -0.1) is 11.3 Å². The number of aliphatic hydroxyl groups excluding tert-OH is 2. The molecule has 12 heteroatoms. The average Bonchev–Trinajstić information content (AvgIpc) is 3.28. The molecule has 0 bridgehead atoms. The number of anilines is 1. The van der Waals surface area contributed by atoms with E-state index in [0.29, 0.717) is 10.8 Å². The van der Waals surface area contributed by atoms with Crippen molar-refractivity contribution in [3.8, 4) is 28.1 Å². The highest BCUT2D eigenvalue weighted by atomic mass is 35.5. The molecule has 0 fully saturated rings. The number of rotatable bonds is 4. The van der Waals surface area contributed by atoms with Crippen molar-refractivity contribution in [3.05, 3.63) is 68.5 Å². The Bertz CT molecular complexity index is 1550. The SMILES string of the molecule is Cc1cc(-c2cc(Cl)cs2)nc2ccc(Oc3c(Cl)cc(N4N=C(C#N)C(O)NC4O)cc3Cl)cc12. The quantitative estimate of drug-likeness (QED) is 0.284. The molecular weight excluding hydrogens is 545 g/mol. The Morgan fingerprint density at radius 3 is 2.53 bits per heavy atom. The van der Waals surface area contributed by atoms with Gasteiger partial charge in [0.2, 0.25) is 6.35 Å². The van der Waals surface area contributed by atoms with E-state index in [1.165, 1.54) is 23.5 Å². The third kappa shape index (κ3) is 4.73. The van der Waals surface area contributed by atoms with Crippen molar-refractivity contribution < 1.29 is 14.9 Å². The predicted molar refractivity (Wildman–Crippen MR) is 142 cm³/mol. The molecule has 3 N–H and O–H groups in total. The number of hydrogen-bond acceptors (Lipinski definition) is 9. The van der Waals surface area contributed by atoms with Gasteiger partial charge in [0.05, 0.1) is 36.8 Å². The zero-order valence-electron chi connectivity index (χ0n) is 18.4. The third-order valence-electron chi connectivity index (χ3n) is 5.40. The van der Waals surface area contributed by atoms with Crippen LogP contribution in [0.2, 0.25) is 15.1 Å². The molecule has 0 saturated carbocycles. The van der Waals surface area contributed by atoms with Gasteiger partial charge in [-0.3, -0.25) is 0 Å². The van der Waals surface area contributed by atoms with Crippen molar-refractivity contribution in [1.82, 2.24) is 10.3 Å². The number of benzene rings is 2. The Balaban J connectivity index is 1.45. The maximum Gasteiger partial charge on any atom is 0.206 e. The molecule has 4 aromatic rings. The molecule has 0 amide bonds. The molecule has 2 unspecified atom stereocenters. The lowest BCUT2D eigenvalue weighted by Gasteiger charge is -2.32. The van der Waals surface area contributed by atoms with Crippen LogP contribution in [-0.2, 0) is 0 Å². The van der Waals surface area contributed by atoms with Gasteiger partial charge in [-0.2, -0.15) is 10.4 Å². The smallest absolute Gasteiger partial charge is 0.206 e. The van der Waals surface area contributed by atoms with Gasteiger partial charge in [0.15, 0.2) is 17.7 Å². The number of halogens is 3. The van der Waals surface area contributed by atoms with Crippen LogP contribution in [0, 0.1) is 18.3 Å². The highest BCUT2D eigenvalue weighted by molar-refractivity contribution is 7.14. The van der Waals surface area contributed by atoms with E-state index in [0.717, 1.165) is 32.0 Å². The third-order valence-corrected chi connectivity index (χ3v) is 7.26. The number of aliphatic hydroxyl groups is 2. The number of nitriles is 1. The first-order valence-electron chi connectivity index (χ1n) is 10.5. The van der Waals surface area contributed by atoms with Crippen LogP contribution in [-0.4, -0.2) is 33.5 Å². The zero-order valence-corrected chi connectivity index (χ0v) is 21.5. The van der Waals surface area contributed by atoms with E-state index in [2.05, 4.69) is 10.4 Å². The summed E-state index contributed by atoms with van der Waals surface area (Å²) in [5.74, 6) is 0.712. The minimum Gasteiger partial charge on any atom is -0.454 e. The fourth-order valence-corrected chi connectivity index (χ4v) is 5.29. The second-order valence-corrected chi connectivity index (χ2v) is 10.0. The van der Waals surface area contributed by atoms with Crippen molar-refractivity contribution in [3.63, 3.8) is 0 Å². The Morgan fingerprint density at radius 1 is 1.11 bits per heavy atom. The molecule has 0 spiro atoms. The van der Waals surface area contributed by atoms with Crippen LogP contribution in [0.4, 0.5) is 5.69 Å². The fraction of sp³-hybridized carbons (Fsp3) is 0.125. The van der Waals surface area contributed by atoms with E-state index in [9.17, 15) is 10.2 Å². The highest BCUT2D eigenvalue weighted by Crippen LogP contribution is 2.41. The van der Waals surface area contributed by atoms with E-state index in [1.807, 2.05) is 36.6 Å². The summed E-state index contributed by atoms with van der Waals surface area (Å²) in [6.45, 7) is 1.99. The monoisotopic (exact) mass is 559 g/mol. The van der Waals surface area contributed by atoms with E-state index in [4.69, 9.17) is 49.8 Å². The average molecular weight is 561 g/mol. The van der Waals surface area contributed by atoms with Gasteiger partial charge in [-0.05, 0) is 55.0 Å². The molecule has 0 aliphatic carbocycles. The summed E-state index contributed by atoms with van der Waals surface area (Å²) in [7, 11) is 0. The van der Waals surface area contributed by atoms with E-state index < -0.39 is 12.6 Å². The van der Waals surface area contributed by atoms with Gasteiger partial charge >= 0.3 is 0 Å². The number of pyridine rings is 1. The molecule has 2 aromatic carbocycles. The Morgan fingerprint density at radius 2 is 1.86 bits per heavy atom. The van der Waals surface area contributed by atoms with Gasteiger partial charge in [-0.1, -0.05) is 34.8 Å². The number of aromatic nitrogens is 1. The maximum atomic E-state index is 10.2. The number of nitrogens with zero attached hydrogens (tertiary/aromatic N) is 4. The highest BCUT2D eigenvalue weighted by Gasteiger charge is 2.29. The summed E-state index contributed by atoms with van der Waals surface area (Å²) in [4.78, 5) is 5.73. The summed E-state index contributed by atoms with van der Waals surface area (Å²) in [5, 5.41) is 40.3. The summed E-state index contributed by atoms with van der Waals surface area (Å²) >= 11 is 20.5. The molecular formula is C24H16Cl3N5O3S. The van der Waals surface area contributed by atoms with Crippen molar-refractivity contribution in [1.29, 1.82) is 5.26 Å². The number of hydrazone groups is 1. The summed E-state index contributed by atoms with van der Waals surface area (Å²) < 4.78 is 6.02. The maximum absolute atomic E-state index is 10.2.